The van der Waals surface area contributed by atoms with E-state index in [9.17, 15) is 63.5 Å². The predicted molar refractivity (Wildman–Crippen MR) is 292 cm³/mol. The van der Waals surface area contributed by atoms with Crippen LogP contribution < -0.4 is 10.6 Å². The minimum Gasteiger partial charge on any atom is -0.461 e. The molecule has 14 unspecified atom stereocenters. The molecule has 0 bridgehead atoms. The largest absolute Gasteiger partial charge is 0.470 e. The molecular formula is C54H98N2O21P2. The summed E-state index contributed by atoms with van der Waals surface area (Å²) in [7, 11) is -5.84. The van der Waals surface area contributed by atoms with Crippen LogP contribution in [0.4, 0.5) is 4.79 Å². The Morgan fingerprint density at radius 3 is 1.80 bits per heavy atom. The van der Waals surface area contributed by atoms with Gasteiger partial charge in [0.05, 0.1) is 63.3 Å². The quantitative estimate of drug-likeness (QED) is 0.0236. The summed E-state index contributed by atoms with van der Waals surface area (Å²) in [4.78, 5) is 102. The van der Waals surface area contributed by atoms with Crippen molar-refractivity contribution >= 4 is 51.8 Å². The zero-order valence-electron chi connectivity index (χ0n) is 49.5. The monoisotopic (exact) mass is 1170 g/mol. The zero-order chi connectivity index (χ0) is 60.5. The van der Waals surface area contributed by atoms with Gasteiger partial charge in [0.15, 0.2) is 18.5 Å². The third-order valence-electron chi connectivity index (χ3n) is 14.4. The van der Waals surface area contributed by atoms with Crippen molar-refractivity contribution in [1.29, 1.82) is 0 Å². The van der Waals surface area contributed by atoms with Gasteiger partial charge in [0, 0.05) is 11.8 Å². The van der Waals surface area contributed by atoms with Crippen LogP contribution in [0.15, 0.2) is 0 Å². The van der Waals surface area contributed by atoms with Gasteiger partial charge in [-0.15, -0.1) is 0 Å². The number of hydrogen-bond donors (Lipinski definition) is 8. The summed E-state index contributed by atoms with van der Waals surface area (Å²) in [5.41, 5.74) is -1.68. The maximum atomic E-state index is 14.5. The molecule has 0 aliphatic carbocycles. The first kappa shape index (κ1) is 72.2. The Morgan fingerprint density at radius 2 is 1.27 bits per heavy atom. The van der Waals surface area contributed by atoms with Crippen LogP contribution >= 0.6 is 16.4 Å². The van der Waals surface area contributed by atoms with Crippen LogP contribution in [0.2, 0.25) is 0 Å². The van der Waals surface area contributed by atoms with Gasteiger partial charge in [0.2, 0.25) is 11.8 Å². The van der Waals surface area contributed by atoms with Gasteiger partial charge < -0.3 is 74.0 Å². The second-order valence-electron chi connectivity index (χ2n) is 24.4. The average Bonchev–Trinajstić information content (AvgIpc) is 3.31. The topological polar surface area (TPSA) is 339 Å². The van der Waals surface area contributed by atoms with E-state index in [-0.39, 0.29) is 50.5 Å². The van der Waals surface area contributed by atoms with Crippen LogP contribution in [-0.2, 0) is 66.2 Å². The van der Waals surface area contributed by atoms with Gasteiger partial charge in [-0.25, -0.2) is 9.36 Å². The highest BCUT2D eigenvalue weighted by Gasteiger charge is 2.54. The van der Waals surface area contributed by atoms with E-state index in [1.807, 2.05) is 69.2 Å². The van der Waals surface area contributed by atoms with E-state index < -0.39 is 173 Å². The van der Waals surface area contributed by atoms with Crippen LogP contribution in [-0.4, -0.2) is 171 Å². The third-order valence-corrected chi connectivity index (χ3v) is 15.4. The Hall–Kier alpha value is -2.92. The summed E-state index contributed by atoms with van der Waals surface area (Å²) in [6.07, 6.45) is -17.5. The van der Waals surface area contributed by atoms with Gasteiger partial charge in [0.1, 0.15) is 42.7 Å². The summed E-state index contributed by atoms with van der Waals surface area (Å²) < 4.78 is 60.0. The number of carbonyl (C=O) groups is 6. The molecule has 2 saturated heterocycles. The molecular weight excluding hydrogens is 1070 g/mol. The number of nitrogens with one attached hydrogen (secondary N) is 2. The van der Waals surface area contributed by atoms with Crippen LogP contribution in [0.3, 0.4) is 0 Å². The minimum absolute atomic E-state index is 0.0186. The summed E-state index contributed by atoms with van der Waals surface area (Å²) in [6, 6.07) is -3.01. The molecule has 0 aromatic carbocycles. The lowest BCUT2D eigenvalue weighted by atomic mass is 9.77. The van der Waals surface area contributed by atoms with Crippen LogP contribution in [0, 0.1) is 40.4 Å². The summed E-state index contributed by atoms with van der Waals surface area (Å²) in [5.74, 6) is -4.78. The second kappa shape index (κ2) is 32.8. The lowest BCUT2D eigenvalue weighted by Gasteiger charge is -2.47. The molecule has 23 nitrogen and oxygen atoms in total. The number of aliphatic hydroxyl groups excluding tert-OH is 4. The lowest BCUT2D eigenvalue weighted by Crippen LogP contribution is -2.67. The molecule has 2 amide bonds. The van der Waals surface area contributed by atoms with Gasteiger partial charge in [-0.1, -0.05) is 103 Å². The summed E-state index contributed by atoms with van der Waals surface area (Å²) in [6.45, 7) is 27.5. The van der Waals surface area contributed by atoms with E-state index in [0.717, 1.165) is 0 Å². The molecule has 25 heteroatoms. The molecule has 2 fully saturated rings. The molecule has 18 atom stereocenters. The SMILES string of the molecule is CCC(=O)O[C@@H](CC(=O)NC1C(OCC2OC(C)C(NC(=O)C[C@H](O)C(C)CC)C(OC(=O)C[C@H](O)C(C)CC(C)C)C2O)OC(CO)C(OP(=O)(O)O)C1OC(=O)C[C@H](OC(=O)PC)C(C)CC(C)(C)C)C(C)(C)CC(C)C. The number of phosphoric acid groups is 1. The van der Waals surface area contributed by atoms with Crippen molar-refractivity contribution in [3.63, 3.8) is 0 Å². The Morgan fingerprint density at radius 1 is 0.696 bits per heavy atom. The highest BCUT2D eigenvalue weighted by Crippen LogP contribution is 2.43. The molecule has 2 rings (SSSR count). The number of esters is 3. The van der Waals surface area contributed by atoms with Crippen molar-refractivity contribution in [1.82, 2.24) is 10.6 Å². The highest BCUT2D eigenvalue weighted by atomic mass is 31.2. The average molecular weight is 1170 g/mol. The van der Waals surface area contributed by atoms with Crippen LogP contribution in [0.25, 0.3) is 0 Å². The number of carbonyl (C=O) groups excluding carboxylic acids is 6. The highest BCUT2D eigenvalue weighted by molar-refractivity contribution is 7.56. The normalized spacial score (nSPS) is 26.8. The molecule has 2 aliphatic heterocycles. The van der Waals surface area contributed by atoms with Crippen LogP contribution in [0.5, 0.6) is 0 Å². The maximum Gasteiger partial charge on any atom is 0.470 e. The van der Waals surface area contributed by atoms with Gasteiger partial charge in [-0.2, -0.15) is 0 Å². The molecule has 460 valence electrons. The Balaban J connectivity index is 2.80. The van der Waals surface area contributed by atoms with Gasteiger partial charge in [-0.3, -0.25) is 28.5 Å². The van der Waals surface area contributed by atoms with E-state index in [0.29, 0.717) is 25.7 Å². The first-order chi connectivity index (χ1) is 36.4. The number of rotatable bonds is 32. The van der Waals surface area contributed by atoms with E-state index in [2.05, 4.69) is 10.6 Å². The molecule has 0 aromatic heterocycles. The van der Waals surface area contributed by atoms with Crippen molar-refractivity contribution in [3.8, 4) is 0 Å². The molecule has 0 radical (unpaired) electrons. The fraction of sp³-hybridized carbons (Fsp3) is 0.889. The summed E-state index contributed by atoms with van der Waals surface area (Å²) in [5, 5.41) is 49.9. The first-order valence-electron chi connectivity index (χ1n) is 27.8. The zero-order valence-corrected chi connectivity index (χ0v) is 51.4. The fourth-order valence-electron chi connectivity index (χ4n) is 10.3. The van der Waals surface area contributed by atoms with Crippen molar-refractivity contribution in [2.24, 2.45) is 40.4 Å². The van der Waals surface area contributed by atoms with E-state index in [1.165, 1.54) is 6.92 Å². The first-order valence-corrected chi connectivity index (χ1v) is 30.9. The molecule has 0 saturated carbocycles. The Kier molecular flexibility index (Phi) is 30.0. The van der Waals surface area contributed by atoms with Crippen molar-refractivity contribution in [2.75, 3.05) is 19.9 Å². The van der Waals surface area contributed by atoms with Crippen molar-refractivity contribution in [2.45, 2.75) is 247 Å². The van der Waals surface area contributed by atoms with Gasteiger partial charge >= 0.3 is 31.4 Å². The molecule has 0 spiro atoms. The smallest absolute Gasteiger partial charge is 0.461 e. The minimum atomic E-state index is -5.55. The fourth-order valence-corrected chi connectivity index (χ4v) is 11.1. The molecule has 0 aromatic rings. The molecule has 2 aliphatic rings. The molecule has 2 heterocycles. The van der Waals surface area contributed by atoms with Crippen LogP contribution in [0.1, 0.15) is 162 Å². The number of hydrogen-bond acceptors (Lipinski definition) is 19. The van der Waals surface area contributed by atoms with Gasteiger partial charge in [0.25, 0.3) is 0 Å². The predicted octanol–water partition coefficient (Wildman–Crippen LogP) is 5.43. The Labute approximate surface area is 469 Å². The van der Waals surface area contributed by atoms with E-state index >= 15 is 0 Å². The number of phosphoric ester groups is 1. The van der Waals surface area contributed by atoms with Crippen molar-refractivity contribution in [3.05, 3.63) is 0 Å². The van der Waals surface area contributed by atoms with E-state index in [4.69, 9.17) is 37.7 Å². The number of ether oxygens (including phenoxy) is 7. The third kappa shape index (κ3) is 24.8. The van der Waals surface area contributed by atoms with Gasteiger partial charge in [-0.05, 0) is 76.4 Å². The Bertz CT molecular complexity index is 1980. The molecule has 8 N–H and O–H groups in total. The summed E-state index contributed by atoms with van der Waals surface area (Å²) >= 11 is 0. The number of amides is 2. The van der Waals surface area contributed by atoms with Crippen molar-refractivity contribution < 1.29 is 101 Å². The second-order valence-corrected chi connectivity index (χ2v) is 26.5. The number of aliphatic hydroxyl groups is 4. The van der Waals surface area contributed by atoms with E-state index in [1.54, 1.807) is 34.4 Å². The maximum absolute atomic E-state index is 14.5. The molecule has 79 heavy (non-hydrogen) atoms. The lowest BCUT2D eigenvalue weighted by molar-refractivity contribution is -0.285. The standard InChI is InChI=1S/C54H98N2O21P2/c1-17-30(7)34(58)20-40(60)55-45-33(10)71-38(47(65)49(45)75-43(63)21-35(59)31(8)19-28(3)4)27-70-51-46(56-41(61)23-39(74-42(62)18-2)54(14,15)24-29(5)6)50(48(37(26-57)72-51)77-79(67,68)69)76-44(64)22-36(73-52(66)78-16)32(9)25-53(11,12)13/h28-39,45-51,57-59,65,78H,17-27H2,1-16H3,(H,55,60)(H,56,61)(H2,67,68,69)/t30?,31?,32?,33?,34-,35-,36-,37?,38?,39-,45?,46?,47?,48?,49?,50?,51?/m0/s1.